The van der Waals surface area contributed by atoms with Crippen LogP contribution in [0.1, 0.15) is 12.2 Å². The summed E-state index contributed by atoms with van der Waals surface area (Å²) in [6, 6.07) is 8.70. The van der Waals surface area contributed by atoms with Crippen molar-refractivity contribution in [3.63, 3.8) is 0 Å². The molecule has 25 heavy (non-hydrogen) atoms. The number of hydrogen-bond acceptors (Lipinski definition) is 4. The smallest absolute Gasteiger partial charge is 0.191 e. The molecule has 0 bridgehead atoms. The fraction of sp³-hybridized carbons (Fsp3) is 0.438. The van der Waals surface area contributed by atoms with Crippen molar-refractivity contribution >= 4 is 51.6 Å². The van der Waals surface area contributed by atoms with E-state index in [1.54, 1.807) is 18.1 Å². The van der Waals surface area contributed by atoms with Crippen LogP contribution >= 0.6 is 39.9 Å². The van der Waals surface area contributed by atoms with Crippen molar-refractivity contribution in [2.75, 3.05) is 25.0 Å². The maximum atomic E-state index is 4.31. The number of anilines is 1. The zero-order valence-corrected chi connectivity index (χ0v) is 18.2. The molecule has 1 aliphatic rings. The number of halogens is 2. The minimum atomic E-state index is 0. The van der Waals surface area contributed by atoms with Crippen LogP contribution in [0.3, 0.4) is 0 Å². The minimum absolute atomic E-state index is 0. The second kappa shape index (κ2) is 9.37. The standard InChI is InChI=1S/C16H22BrN7.HI/c1-18-16(19-9-15-20-11-21-23(15)2)22-12-7-8-24(10-12)14-6-4-3-5-13(14)17;/h3-6,11-12H,7-10H2,1-2H3,(H2,18,19,22);1H. The summed E-state index contributed by atoms with van der Waals surface area (Å²) in [7, 11) is 3.67. The van der Waals surface area contributed by atoms with Gasteiger partial charge in [0.15, 0.2) is 5.96 Å². The number of benzene rings is 1. The summed E-state index contributed by atoms with van der Waals surface area (Å²) in [5.74, 6) is 1.66. The summed E-state index contributed by atoms with van der Waals surface area (Å²) < 4.78 is 2.89. The summed E-state index contributed by atoms with van der Waals surface area (Å²) in [5, 5.41) is 10.9. The first-order valence-electron chi connectivity index (χ1n) is 7.97. The Kier molecular flexibility index (Phi) is 7.48. The molecule has 1 saturated heterocycles. The van der Waals surface area contributed by atoms with E-state index in [1.165, 1.54) is 5.69 Å². The molecule has 2 heterocycles. The van der Waals surface area contributed by atoms with Gasteiger partial charge in [-0.3, -0.25) is 9.67 Å². The molecule has 1 unspecified atom stereocenters. The normalized spacial score (nSPS) is 17.3. The third-order valence-corrected chi connectivity index (χ3v) is 4.84. The van der Waals surface area contributed by atoms with Gasteiger partial charge >= 0.3 is 0 Å². The highest BCUT2D eigenvalue weighted by molar-refractivity contribution is 14.0. The number of aliphatic imine (C=N–C) groups is 1. The number of para-hydroxylation sites is 1. The topological polar surface area (TPSA) is 70.4 Å². The number of hydrogen-bond donors (Lipinski definition) is 2. The van der Waals surface area contributed by atoms with Crippen molar-refractivity contribution in [2.45, 2.75) is 19.0 Å². The highest BCUT2D eigenvalue weighted by Gasteiger charge is 2.24. The molecule has 1 atom stereocenters. The molecule has 3 rings (SSSR count). The zero-order valence-electron chi connectivity index (χ0n) is 14.3. The van der Waals surface area contributed by atoms with Gasteiger partial charge in [0.1, 0.15) is 12.2 Å². The van der Waals surface area contributed by atoms with Gasteiger partial charge in [0.25, 0.3) is 0 Å². The van der Waals surface area contributed by atoms with Crippen LogP contribution in [0.5, 0.6) is 0 Å². The van der Waals surface area contributed by atoms with E-state index in [9.17, 15) is 0 Å². The molecule has 1 aromatic carbocycles. The Morgan fingerprint density at radius 2 is 2.20 bits per heavy atom. The first kappa shape index (κ1) is 20.0. The minimum Gasteiger partial charge on any atom is -0.368 e. The fourth-order valence-electron chi connectivity index (χ4n) is 2.84. The van der Waals surface area contributed by atoms with Crippen molar-refractivity contribution in [3.8, 4) is 0 Å². The summed E-state index contributed by atoms with van der Waals surface area (Å²) in [4.78, 5) is 10.9. The van der Waals surface area contributed by atoms with Gasteiger partial charge in [-0.25, -0.2) is 4.98 Å². The molecule has 7 nitrogen and oxygen atoms in total. The van der Waals surface area contributed by atoms with Crippen molar-refractivity contribution in [2.24, 2.45) is 12.0 Å². The highest BCUT2D eigenvalue weighted by atomic mass is 127. The van der Waals surface area contributed by atoms with E-state index in [2.05, 4.69) is 64.7 Å². The molecular weight excluding hydrogens is 497 g/mol. The molecule has 1 aromatic heterocycles. The van der Waals surface area contributed by atoms with E-state index in [0.717, 1.165) is 35.8 Å². The molecular formula is C16H23BrIN7. The average Bonchev–Trinajstić information content (AvgIpc) is 3.21. The van der Waals surface area contributed by atoms with E-state index >= 15 is 0 Å². The van der Waals surface area contributed by atoms with Crippen LogP contribution in [0.15, 0.2) is 40.1 Å². The van der Waals surface area contributed by atoms with Crippen LogP contribution in [-0.4, -0.2) is 46.9 Å². The number of nitrogens with zero attached hydrogens (tertiary/aromatic N) is 5. The number of rotatable bonds is 4. The Morgan fingerprint density at radius 1 is 1.40 bits per heavy atom. The quantitative estimate of drug-likeness (QED) is 0.368. The maximum Gasteiger partial charge on any atom is 0.191 e. The van der Waals surface area contributed by atoms with Crippen molar-refractivity contribution in [1.29, 1.82) is 0 Å². The van der Waals surface area contributed by atoms with Crippen molar-refractivity contribution in [3.05, 3.63) is 40.9 Å². The number of nitrogens with one attached hydrogen (secondary N) is 2. The van der Waals surface area contributed by atoms with Gasteiger partial charge in [0.05, 0.1) is 12.2 Å². The van der Waals surface area contributed by atoms with Gasteiger partial charge in [-0.1, -0.05) is 12.1 Å². The third kappa shape index (κ3) is 5.06. The molecule has 0 aliphatic carbocycles. The second-order valence-electron chi connectivity index (χ2n) is 5.75. The Bertz CT molecular complexity index is 718. The predicted molar refractivity (Wildman–Crippen MR) is 115 cm³/mol. The second-order valence-corrected chi connectivity index (χ2v) is 6.61. The lowest BCUT2D eigenvalue weighted by molar-refractivity contribution is 0.632. The van der Waals surface area contributed by atoms with Crippen LogP contribution in [0.25, 0.3) is 0 Å². The molecule has 0 saturated carbocycles. The largest absolute Gasteiger partial charge is 0.368 e. The van der Waals surface area contributed by atoms with Gasteiger partial charge in [-0.2, -0.15) is 5.10 Å². The monoisotopic (exact) mass is 519 g/mol. The molecule has 0 spiro atoms. The van der Waals surface area contributed by atoms with Gasteiger partial charge in [0.2, 0.25) is 0 Å². The lowest BCUT2D eigenvalue weighted by Gasteiger charge is -2.21. The predicted octanol–water partition coefficient (Wildman–Crippen LogP) is 2.14. The fourth-order valence-corrected chi connectivity index (χ4v) is 3.37. The summed E-state index contributed by atoms with van der Waals surface area (Å²) in [6.07, 6.45) is 2.63. The maximum absolute atomic E-state index is 4.31. The molecule has 0 radical (unpaired) electrons. The Hall–Kier alpha value is -1.36. The number of aromatic nitrogens is 3. The molecule has 9 heteroatoms. The van der Waals surface area contributed by atoms with Crippen LogP contribution in [0, 0.1) is 0 Å². The van der Waals surface area contributed by atoms with E-state index in [4.69, 9.17) is 0 Å². The zero-order chi connectivity index (χ0) is 16.9. The van der Waals surface area contributed by atoms with E-state index in [0.29, 0.717) is 12.6 Å². The Labute approximate surface area is 173 Å². The molecule has 0 amide bonds. The highest BCUT2D eigenvalue weighted by Crippen LogP contribution is 2.28. The molecule has 1 aliphatic heterocycles. The van der Waals surface area contributed by atoms with Gasteiger partial charge in [0, 0.05) is 37.7 Å². The molecule has 2 N–H and O–H groups in total. The first-order chi connectivity index (χ1) is 11.7. The van der Waals surface area contributed by atoms with E-state index in [1.807, 2.05) is 13.1 Å². The number of guanidine groups is 1. The van der Waals surface area contributed by atoms with Crippen molar-refractivity contribution in [1.82, 2.24) is 25.4 Å². The average molecular weight is 520 g/mol. The van der Waals surface area contributed by atoms with Crippen LogP contribution in [-0.2, 0) is 13.6 Å². The third-order valence-electron chi connectivity index (χ3n) is 4.16. The lowest BCUT2D eigenvalue weighted by atomic mass is 10.3. The lowest BCUT2D eigenvalue weighted by Crippen LogP contribution is -2.44. The Balaban J connectivity index is 0.00000225. The summed E-state index contributed by atoms with van der Waals surface area (Å²) in [5.41, 5.74) is 1.24. The Morgan fingerprint density at radius 3 is 2.88 bits per heavy atom. The summed E-state index contributed by atoms with van der Waals surface area (Å²) in [6.45, 7) is 2.57. The number of aryl methyl sites for hydroxylation is 1. The van der Waals surface area contributed by atoms with E-state index in [-0.39, 0.29) is 24.0 Å². The summed E-state index contributed by atoms with van der Waals surface area (Å²) >= 11 is 3.63. The van der Waals surface area contributed by atoms with Gasteiger partial charge in [-0.05, 0) is 34.5 Å². The van der Waals surface area contributed by atoms with Gasteiger partial charge < -0.3 is 15.5 Å². The molecule has 136 valence electrons. The van der Waals surface area contributed by atoms with Crippen LogP contribution in [0.2, 0.25) is 0 Å². The van der Waals surface area contributed by atoms with Crippen LogP contribution in [0.4, 0.5) is 5.69 Å². The molecule has 2 aromatic rings. The SMILES string of the molecule is CN=C(NCc1ncnn1C)NC1CCN(c2ccccc2Br)C1.I. The first-order valence-corrected chi connectivity index (χ1v) is 8.76. The van der Waals surface area contributed by atoms with Crippen molar-refractivity contribution < 1.29 is 0 Å². The molecule has 1 fully saturated rings. The van der Waals surface area contributed by atoms with E-state index < -0.39 is 0 Å². The van der Waals surface area contributed by atoms with Gasteiger partial charge in [-0.15, -0.1) is 24.0 Å². The van der Waals surface area contributed by atoms with Crippen LogP contribution < -0.4 is 15.5 Å².